The highest BCUT2D eigenvalue weighted by Crippen LogP contribution is 2.01. The molecule has 0 saturated heterocycles. The van der Waals surface area contributed by atoms with Gasteiger partial charge in [0.2, 0.25) is 0 Å². The molecule has 0 heterocycles. The number of rotatable bonds is 2. The molecule has 0 atom stereocenters. The van der Waals surface area contributed by atoms with E-state index in [4.69, 9.17) is 10.3 Å². The Morgan fingerprint density at radius 2 is 2.33 bits per heavy atom. The first-order valence-electron chi connectivity index (χ1n) is 4.20. The zero-order valence-corrected chi connectivity index (χ0v) is 7.84. The van der Waals surface area contributed by atoms with E-state index in [-0.39, 0.29) is 6.42 Å². The summed E-state index contributed by atoms with van der Waals surface area (Å²) in [6.07, 6.45) is 1.10. The lowest BCUT2D eigenvalue weighted by molar-refractivity contribution is -0.135. The minimum absolute atomic E-state index is 0.182. The Kier molecular flexibility index (Phi) is 3.92. The van der Waals surface area contributed by atoms with Gasteiger partial charge in [0, 0.05) is 5.56 Å². The first-order valence-corrected chi connectivity index (χ1v) is 4.20. The fourth-order valence-electron chi connectivity index (χ4n) is 0.985. The second-order valence-electron chi connectivity index (χ2n) is 2.74. The van der Waals surface area contributed by atoms with Crippen LogP contribution in [-0.2, 0) is 4.79 Å². The summed E-state index contributed by atoms with van der Waals surface area (Å²) in [5.41, 5.74) is 1.40. The largest absolute Gasteiger partial charge is 0.481 e. The molecule has 76 valence electrons. The smallest absolute Gasteiger partial charge is 0.315 e. The van der Waals surface area contributed by atoms with Crippen LogP contribution in [0.25, 0.3) is 0 Å². The maximum atomic E-state index is 10.2. The van der Waals surface area contributed by atoms with E-state index in [9.17, 15) is 4.79 Å². The second kappa shape index (κ2) is 5.45. The first-order chi connectivity index (χ1) is 7.22. The summed E-state index contributed by atoms with van der Waals surface area (Å²) in [5, 5.41) is 19.6. The van der Waals surface area contributed by atoms with Crippen molar-refractivity contribution in [3.8, 4) is 11.8 Å². The molecule has 4 heteroatoms. The van der Waals surface area contributed by atoms with Gasteiger partial charge >= 0.3 is 5.97 Å². The number of hydrogen-bond donors (Lipinski definition) is 2. The number of carboxylic acid groups (broad SMARTS) is 1. The Hall–Kier alpha value is -2.28. The molecule has 2 N–H and O–H groups in total. The van der Waals surface area contributed by atoms with Crippen LogP contribution >= 0.6 is 0 Å². The molecule has 0 aliphatic carbocycles. The van der Waals surface area contributed by atoms with Gasteiger partial charge in [0.1, 0.15) is 6.42 Å². The molecule has 0 aliphatic heterocycles. The van der Waals surface area contributed by atoms with Gasteiger partial charge < -0.3 is 10.3 Å². The minimum atomic E-state index is -0.949. The Balaban J connectivity index is 2.80. The van der Waals surface area contributed by atoms with Crippen molar-refractivity contribution in [1.82, 2.24) is 0 Å². The quantitative estimate of drug-likeness (QED) is 0.329. The van der Waals surface area contributed by atoms with Crippen molar-refractivity contribution in [2.24, 2.45) is 5.16 Å². The standard InChI is InChI=1S/C11H9NO3/c13-11(14)6-2-4-9-3-1-5-10(7-9)8-12-15/h1,3,5,7-8,15H,6H2,(H,13,14). The van der Waals surface area contributed by atoms with E-state index < -0.39 is 5.97 Å². The number of benzene rings is 1. The molecule has 0 bridgehead atoms. The van der Waals surface area contributed by atoms with Crippen molar-refractivity contribution in [2.75, 3.05) is 0 Å². The summed E-state index contributed by atoms with van der Waals surface area (Å²) in [5.74, 6) is 4.27. The molecule has 0 amide bonds. The fourth-order valence-corrected chi connectivity index (χ4v) is 0.985. The van der Waals surface area contributed by atoms with Gasteiger partial charge in [-0.1, -0.05) is 29.1 Å². The number of nitrogens with zero attached hydrogens (tertiary/aromatic N) is 1. The average Bonchev–Trinajstić information content (AvgIpc) is 2.18. The van der Waals surface area contributed by atoms with Gasteiger partial charge in [-0.05, 0) is 17.7 Å². The van der Waals surface area contributed by atoms with Gasteiger partial charge in [0.05, 0.1) is 6.21 Å². The summed E-state index contributed by atoms with van der Waals surface area (Å²) < 4.78 is 0. The average molecular weight is 203 g/mol. The molecule has 0 aromatic heterocycles. The van der Waals surface area contributed by atoms with Gasteiger partial charge in [-0.3, -0.25) is 4.79 Å². The zero-order valence-electron chi connectivity index (χ0n) is 7.84. The second-order valence-corrected chi connectivity index (χ2v) is 2.74. The van der Waals surface area contributed by atoms with Crippen molar-refractivity contribution in [3.05, 3.63) is 35.4 Å². The zero-order chi connectivity index (χ0) is 11.1. The highest BCUT2D eigenvalue weighted by Gasteiger charge is 1.91. The molecular weight excluding hydrogens is 194 g/mol. The van der Waals surface area contributed by atoms with Crippen molar-refractivity contribution in [1.29, 1.82) is 0 Å². The number of carbonyl (C=O) groups is 1. The molecule has 0 fully saturated rings. The Bertz CT molecular complexity index is 441. The highest BCUT2D eigenvalue weighted by atomic mass is 16.4. The molecule has 0 radical (unpaired) electrons. The van der Waals surface area contributed by atoms with E-state index in [1.165, 1.54) is 6.21 Å². The van der Waals surface area contributed by atoms with Gasteiger partial charge in [-0.15, -0.1) is 0 Å². The van der Waals surface area contributed by atoms with Crippen LogP contribution in [0.3, 0.4) is 0 Å². The molecule has 1 aromatic rings. The van der Waals surface area contributed by atoms with E-state index in [1.807, 2.05) is 0 Å². The molecule has 15 heavy (non-hydrogen) atoms. The summed E-state index contributed by atoms with van der Waals surface area (Å²) in [6.45, 7) is 0. The number of aliphatic carboxylic acids is 1. The summed E-state index contributed by atoms with van der Waals surface area (Å²) in [6, 6.07) is 6.96. The monoisotopic (exact) mass is 203 g/mol. The minimum Gasteiger partial charge on any atom is -0.481 e. The lowest BCUT2D eigenvalue weighted by Crippen LogP contribution is -1.90. The van der Waals surface area contributed by atoms with Gasteiger partial charge in [-0.2, -0.15) is 0 Å². The maximum absolute atomic E-state index is 10.2. The molecule has 0 spiro atoms. The summed E-state index contributed by atoms with van der Waals surface area (Å²) in [4.78, 5) is 10.2. The number of oxime groups is 1. The Morgan fingerprint density at radius 3 is 3.00 bits per heavy atom. The SMILES string of the molecule is O=C(O)CC#Cc1cccc(C=NO)c1. The Labute approximate surface area is 86.9 Å². The topological polar surface area (TPSA) is 69.9 Å². The van der Waals surface area contributed by atoms with Gasteiger partial charge in [0.25, 0.3) is 0 Å². The van der Waals surface area contributed by atoms with Crippen LogP contribution in [0.15, 0.2) is 29.4 Å². The van der Waals surface area contributed by atoms with E-state index >= 15 is 0 Å². The van der Waals surface area contributed by atoms with Crippen LogP contribution in [0.2, 0.25) is 0 Å². The predicted molar refractivity (Wildman–Crippen MR) is 55.0 cm³/mol. The number of hydrogen-bond acceptors (Lipinski definition) is 3. The van der Waals surface area contributed by atoms with Crippen LogP contribution < -0.4 is 0 Å². The van der Waals surface area contributed by atoms with Crippen LogP contribution in [0.5, 0.6) is 0 Å². The van der Waals surface area contributed by atoms with E-state index in [0.717, 1.165) is 0 Å². The molecule has 0 aliphatic rings. The molecule has 1 rings (SSSR count). The van der Waals surface area contributed by atoms with Crippen LogP contribution in [0.1, 0.15) is 17.5 Å². The van der Waals surface area contributed by atoms with Crippen molar-refractivity contribution >= 4 is 12.2 Å². The van der Waals surface area contributed by atoms with E-state index in [1.54, 1.807) is 24.3 Å². The first kappa shape index (κ1) is 10.8. The molecule has 4 nitrogen and oxygen atoms in total. The maximum Gasteiger partial charge on any atom is 0.315 e. The number of carboxylic acids is 1. The van der Waals surface area contributed by atoms with Gasteiger partial charge in [-0.25, -0.2) is 0 Å². The van der Waals surface area contributed by atoms with Crippen LogP contribution in [0, 0.1) is 11.8 Å². The predicted octanol–water partition coefficient (Wildman–Crippen LogP) is 1.32. The normalized spacial score (nSPS) is 9.60. The van der Waals surface area contributed by atoms with Crippen molar-refractivity contribution < 1.29 is 15.1 Å². The highest BCUT2D eigenvalue weighted by molar-refractivity contribution is 5.79. The van der Waals surface area contributed by atoms with E-state index in [0.29, 0.717) is 11.1 Å². The van der Waals surface area contributed by atoms with Crippen molar-refractivity contribution in [3.63, 3.8) is 0 Å². The third-order valence-corrected chi connectivity index (χ3v) is 1.57. The third kappa shape index (κ3) is 3.96. The lowest BCUT2D eigenvalue weighted by atomic mass is 10.1. The van der Waals surface area contributed by atoms with Crippen LogP contribution in [-0.4, -0.2) is 22.5 Å². The summed E-state index contributed by atoms with van der Waals surface area (Å²) >= 11 is 0. The molecule has 0 saturated carbocycles. The summed E-state index contributed by atoms with van der Waals surface area (Å²) in [7, 11) is 0. The lowest BCUT2D eigenvalue weighted by Gasteiger charge is -1.92. The molecule has 1 aromatic carbocycles. The Morgan fingerprint density at radius 1 is 1.53 bits per heavy atom. The van der Waals surface area contributed by atoms with Crippen molar-refractivity contribution in [2.45, 2.75) is 6.42 Å². The van der Waals surface area contributed by atoms with E-state index in [2.05, 4.69) is 17.0 Å². The molecular formula is C11H9NO3. The van der Waals surface area contributed by atoms with Gasteiger partial charge in [0.15, 0.2) is 0 Å². The van der Waals surface area contributed by atoms with Crippen LogP contribution in [0.4, 0.5) is 0 Å². The third-order valence-electron chi connectivity index (χ3n) is 1.57. The molecule has 0 unspecified atom stereocenters. The fraction of sp³-hybridized carbons (Fsp3) is 0.0909.